The van der Waals surface area contributed by atoms with E-state index in [1.54, 1.807) is 12.3 Å². The molecule has 0 atom stereocenters. The van der Waals surface area contributed by atoms with Crippen LogP contribution < -0.4 is 5.73 Å². The van der Waals surface area contributed by atoms with Crippen molar-refractivity contribution >= 4 is 43.7 Å². The number of nitrogens with zero attached hydrogens (tertiary/aromatic N) is 1. The van der Waals surface area contributed by atoms with Crippen LogP contribution in [0.15, 0.2) is 171 Å². The molecule has 0 bridgehead atoms. The van der Waals surface area contributed by atoms with Gasteiger partial charge in [0.1, 0.15) is 0 Å². The normalized spacial score (nSPS) is 11.8. The third-order valence-corrected chi connectivity index (χ3v) is 8.47. The van der Waals surface area contributed by atoms with Crippen LogP contribution in [0.3, 0.4) is 0 Å². The van der Waals surface area contributed by atoms with Crippen molar-refractivity contribution in [1.82, 2.24) is 4.57 Å². The number of aryl methyl sites for hydroxylation is 1. The lowest BCUT2D eigenvalue weighted by Gasteiger charge is -2.11. The van der Waals surface area contributed by atoms with Gasteiger partial charge in [0.05, 0.1) is 11.0 Å². The highest BCUT2D eigenvalue weighted by Crippen LogP contribution is 2.38. The quantitative estimate of drug-likeness (QED) is 0.191. The van der Waals surface area contributed by atoms with Gasteiger partial charge in [-0.05, 0) is 83.0 Å². The number of rotatable bonds is 6. The van der Waals surface area contributed by atoms with E-state index >= 15 is 0 Å². The molecule has 0 aliphatic carbocycles. The zero-order valence-electron chi connectivity index (χ0n) is 26.4. The second kappa shape index (κ2) is 13.4. The summed E-state index contributed by atoms with van der Waals surface area (Å²) in [5.41, 5.74) is 17.3. The fourth-order valence-corrected chi connectivity index (χ4v) is 6.06. The molecule has 0 aliphatic heterocycles. The Balaban J connectivity index is 0.000000262. The first-order valence-corrected chi connectivity index (χ1v) is 15.5. The van der Waals surface area contributed by atoms with Crippen LogP contribution in [-0.4, -0.2) is 4.57 Å². The Morgan fingerprint density at radius 2 is 1.37 bits per heavy atom. The average Bonchev–Trinajstić information content (AvgIpc) is 3.45. The predicted molar refractivity (Wildman–Crippen MR) is 201 cm³/mol. The Bertz CT molecular complexity index is 2240. The van der Waals surface area contributed by atoms with E-state index in [1.807, 2.05) is 18.2 Å². The van der Waals surface area contributed by atoms with Gasteiger partial charge in [0, 0.05) is 28.0 Å². The molecule has 0 fully saturated rings. The van der Waals surface area contributed by atoms with Gasteiger partial charge in [0.2, 0.25) is 0 Å². The number of aromatic nitrogens is 1. The van der Waals surface area contributed by atoms with E-state index in [2.05, 4.69) is 159 Å². The van der Waals surface area contributed by atoms with E-state index in [1.165, 1.54) is 66.1 Å². The lowest BCUT2D eigenvalue weighted by Crippen LogP contribution is -1.94. The second-order valence-electron chi connectivity index (χ2n) is 11.4. The summed E-state index contributed by atoms with van der Waals surface area (Å²) in [4.78, 5) is 0. The number of para-hydroxylation sites is 2. The average molecular weight is 595 g/mol. The largest absolute Gasteiger partial charge is 0.404 e. The van der Waals surface area contributed by atoms with Gasteiger partial charge in [0.25, 0.3) is 0 Å². The monoisotopic (exact) mass is 594 g/mol. The summed E-state index contributed by atoms with van der Waals surface area (Å²) in [6.07, 6.45) is 7.22. The molecule has 46 heavy (non-hydrogen) atoms. The molecule has 0 saturated heterocycles. The van der Waals surface area contributed by atoms with E-state index in [4.69, 9.17) is 5.73 Å². The molecule has 0 aliphatic rings. The van der Waals surface area contributed by atoms with Crippen LogP contribution in [0, 0.1) is 6.92 Å². The number of allylic oxidation sites excluding steroid dienone is 5. The number of hydrogen-bond donors (Lipinski definition) is 1. The standard InChI is InChI=1S/C33H25N.C11H13N/c1-3-10-23(2)24-11-9-12-25(21-24)26-17-19-29-27(22-26)18-20-31-30-15-7-8-16-32(30)34(33(29)31)28-13-5-4-6-14-28;1-3-10(8-12)11-6-4-9(2)5-7-11/h3-22H,1H2,2H3;3-8H,1,12H2,2H3/b23-10+;10-8+. The summed E-state index contributed by atoms with van der Waals surface area (Å²) in [6, 6.07) is 47.6. The number of benzene rings is 6. The van der Waals surface area contributed by atoms with Crippen LogP contribution in [0.1, 0.15) is 23.6 Å². The highest BCUT2D eigenvalue weighted by molar-refractivity contribution is 6.19. The highest BCUT2D eigenvalue weighted by atomic mass is 15.0. The Morgan fingerprint density at radius 1 is 0.652 bits per heavy atom. The Morgan fingerprint density at radius 3 is 2.11 bits per heavy atom. The first-order chi connectivity index (χ1) is 22.5. The molecule has 6 aromatic carbocycles. The van der Waals surface area contributed by atoms with Crippen LogP contribution in [0.25, 0.3) is 60.5 Å². The van der Waals surface area contributed by atoms with E-state index in [0.29, 0.717) is 0 Å². The van der Waals surface area contributed by atoms with Crippen LogP contribution in [0.4, 0.5) is 0 Å². The van der Waals surface area contributed by atoms with Crippen LogP contribution >= 0.6 is 0 Å². The summed E-state index contributed by atoms with van der Waals surface area (Å²) in [5.74, 6) is 0. The SMILES string of the molecule is C=C/C(=C\N)c1ccc(C)cc1.C=C/C=C(\C)c1cccc(-c2ccc3c(ccc4c5ccccc5n(-c5ccccc5)c34)c2)c1. The second-order valence-corrected chi connectivity index (χ2v) is 11.4. The van der Waals surface area contributed by atoms with E-state index in [-0.39, 0.29) is 0 Å². The summed E-state index contributed by atoms with van der Waals surface area (Å²) < 4.78 is 2.40. The molecular formula is C44H38N2. The molecule has 2 N–H and O–H groups in total. The van der Waals surface area contributed by atoms with Crippen molar-refractivity contribution < 1.29 is 0 Å². The van der Waals surface area contributed by atoms with Gasteiger partial charge in [-0.2, -0.15) is 0 Å². The molecule has 224 valence electrons. The summed E-state index contributed by atoms with van der Waals surface area (Å²) in [7, 11) is 0. The maximum absolute atomic E-state index is 5.42. The van der Waals surface area contributed by atoms with Gasteiger partial charge in [-0.25, -0.2) is 0 Å². The fraction of sp³-hybridized carbons (Fsp3) is 0.0455. The zero-order valence-corrected chi connectivity index (χ0v) is 26.4. The van der Waals surface area contributed by atoms with Gasteiger partial charge >= 0.3 is 0 Å². The first kappa shape index (κ1) is 30.2. The summed E-state index contributed by atoms with van der Waals surface area (Å²) in [5, 5.41) is 5.07. The molecule has 0 unspecified atom stereocenters. The molecular weight excluding hydrogens is 556 g/mol. The predicted octanol–water partition coefficient (Wildman–Crippen LogP) is 11.7. The number of hydrogen-bond acceptors (Lipinski definition) is 1. The Hall–Kier alpha value is -5.86. The van der Waals surface area contributed by atoms with Gasteiger partial charge in [-0.3, -0.25) is 0 Å². The minimum Gasteiger partial charge on any atom is -0.404 e. The van der Waals surface area contributed by atoms with Crippen molar-refractivity contribution in [2.45, 2.75) is 13.8 Å². The molecule has 0 amide bonds. The minimum atomic E-state index is 0.968. The van der Waals surface area contributed by atoms with Gasteiger partial charge in [-0.1, -0.05) is 140 Å². The summed E-state index contributed by atoms with van der Waals surface area (Å²) >= 11 is 0. The maximum Gasteiger partial charge on any atom is 0.0619 e. The first-order valence-electron chi connectivity index (χ1n) is 15.5. The molecule has 0 saturated carbocycles. The van der Waals surface area contributed by atoms with Gasteiger partial charge < -0.3 is 10.3 Å². The molecule has 0 spiro atoms. The molecule has 1 heterocycles. The van der Waals surface area contributed by atoms with Crippen LogP contribution in [0.5, 0.6) is 0 Å². The van der Waals surface area contributed by atoms with E-state index in [9.17, 15) is 0 Å². The Labute approximate surface area is 271 Å². The van der Waals surface area contributed by atoms with Crippen molar-refractivity contribution in [3.8, 4) is 16.8 Å². The van der Waals surface area contributed by atoms with Crippen molar-refractivity contribution in [3.05, 3.63) is 188 Å². The number of nitrogens with two attached hydrogens (primary N) is 1. The molecule has 2 heteroatoms. The van der Waals surface area contributed by atoms with E-state index in [0.717, 1.165) is 11.1 Å². The lowest BCUT2D eigenvalue weighted by molar-refractivity contribution is 1.19. The molecule has 0 radical (unpaired) electrons. The zero-order chi connectivity index (χ0) is 32.0. The smallest absolute Gasteiger partial charge is 0.0619 e. The van der Waals surface area contributed by atoms with Crippen molar-refractivity contribution in [3.63, 3.8) is 0 Å². The molecule has 7 rings (SSSR count). The van der Waals surface area contributed by atoms with Crippen molar-refractivity contribution in [2.24, 2.45) is 5.73 Å². The molecule has 2 nitrogen and oxygen atoms in total. The fourth-order valence-electron chi connectivity index (χ4n) is 6.06. The third kappa shape index (κ3) is 5.94. The van der Waals surface area contributed by atoms with Gasteiger partial charge in [0.15, 0.2) is 0 Å². The minimum absolute atomic E-state index is 0.968. The summed E-state index contributed by atoms with van der Waals surface area (Å²) in [6.45, 7) is 11.7. The lowest BCUT2D eigenvalue weighted by atomic mass is 9.96. The van der Waals surface area contributed by atoms with Crippen molar-refractivity contribution in [1.29, 1.82) is 0 Å². The maximum atomic E-state index is 5.42. The third-order valence-electron chi connectivity index (χ3n) is 8.47. The highest BCUT2D eigenvalue weighted by Gasteiger charge is 2.15. The molecule has 1 aromatic heterocycles. The van der Waals surface area contributed by atoms with E-state index < -0.39 is 0 Å². The van der Waals surface area contributed by atoms with Gasteiger partial charge in [-0.15, -0.1) is 0 Å². The van der Waals surface area contributed by atoms with Crippen LogP contribution in [-0.2, 0) is 0 Å². The van der Waals surface area contributed by atoms with Crippen LogP contribution in [0.2, 0.25) is 0 Å². The molecule has 7 aromatic rings. The number of fused-ring (bicyclic) bond motifs is 5. The van der Waals surface area contributed by atoms with Crippen molar-refractivity contribution in [2.75, 3.05) is 0 Å². The topological polar surface area (TPSA) is 30.9 Å². The Kier molecular flexibility index (Phi) is 8.80.